The largest absolute Gasteiger partial charge is 0.391 e. The van der Waals surface area contributed by atoms with Crippen LogP contribution >= 0.6 is 11.8 Å². The van der Waals surface area contributed by atoms with Crippen molar-refractivity contribution in [3.63, 3.8) is 0 Å². The van der Waals surface area contributed by atoms with Crippen LogP contribution in [0, 0.1) is 5.92 Å². The molecule has 0 spiro atoms. The van der Waals surface area contributed by atoms with Gasteiger partial charge in [0, 0.05) is 17.9 Å². The predicted octanol–water partition coefficient (Wildman–Crippen LogP) is 2.05. The lowest BCUT2D eigenvalue weighted by Crippen LogP contribution is -2.33. The Balaban J connectivity index is 1.83. The smallest absolute Gasteiger partial charge is 0.251 e. The average Bonchev–Trinajstić information content (AvgIpc) is 3.21. The second-order valence-electron chi connectivity index (χ2n) is 4.74. The lowest BCUT2D eigenvalue weighted by molar-refractivity contribution is 0.0901. The average molecular weight is 265 g/mol. The maximum atomic E-state index is 11.8. The van der Waals surface area contributed by atoms with Crippen LogP contribution in [0.25, 0.3) is 0 Å². The van der Waals surface area contributed by atoms with E-state index in [9.17, 15) is 9.90 Å². The van der Waals surface area contributed by atoms with Gasteiger partial charge in [0.1, 0.15) is 0 Å². The standard InChI is InChI=1S/C14H19NO2S/c1-18-9-10-2-4-12(5-3-10)14(17)15-8-13(16)11-6-7-11/h2-5,11,13,16H,6-9H2,1H3,(H,15,17). The highest BCUT2D eigenvalue weighted by Crippen LogP contribution is 2.32. The SMILES string of the molecule is CSCc1ccc(C(=O)NCC(O)C2CC2)cc1. The van der Waals surface area contributed by atoms with E-state index in [2.05, 4.69) is 11.6 Å². The minimum Gasteiger partial charge on any atom is -0.391 e. The first kappa shape index (κ1) is 13.4. The normalized spacial score (nSPS) is 16.3. The summed E-state index contributed by atoms with van der Waals surface area (Å²) in [6, 6.07) is 7.63. The molecule has 18 heavy (non-hydrogen) atoms. The molecule has 0 aromatic heterocycles. The molecule has 0 aliphatic heterocycles. The summed E-state index contributed by atoms with van der Waals surface area (Å²) >= 11 is 1.76. The van der Waals surface area contributed by atoms with Gasteiger partial charge in [0.2, 0.25) is 0 Å². The number of rotatable bonds is 6. The summed E-state index contributed by atoms with van der Waals surface area (Å²) in [5.74, 6) is 1.25. The van der Waals surface area contributed by atoms with Crippen LogP contribution in [0.4, 0.5) is 0 Å². The quantitative estimate of drug-likeness (QED) is 0.827. The van der Waals surface area contributed by atoms with Crippen molar-refractivity contribution in [3.8, 4) is 0 Å². The number of aliphatic hydroxyl groups is 1. The van der Waals surface area contributed by atoms with Crippen molar-refractivity contribution in [2.24, 2.45) is 5.92 Å². The molecular weight excluding hydrogens is 246 g/mol. The minimum absolute atomic E-state index is 0.106. The van der Waals surface area contributed by atoms with Crippen molar-refractivity contribution in [2.45, 2.75) is 24.7 Å². The number of nitrogens with one attached hydrogen (secondary N) is 1. The van der Waals surface area contributed by atoms with Crippen LogP contribution in [0.15, 0.2) is 24.3 Å². The Morgan fingerprint density at radius 1 is 1.44 bits per heavy atom. The summed E-state index contributed by atoms with van der Waals surface area (Å²) in [5, 5.41) is 12.5. The predicted molar refractivity (Wildman–Crippen MR) is 74.7 cm³/mol. The first-order valence-corrected chi connectivity index (χ1v) is 7.64. The van der Waals surface area contributed by atoms with E-state index in [4.69, 9.17) is 0 Å². The molecule has 2 rings (SSSR count). The molecule has 3 nitrogen and oxygen atoms in total. The van der Waals surface area contributed by atoms with Crippen molar-refractivity contribution < 1.29 is 9.90 Å². The van der Waals surface area contributed by atoms with E-state index in [1.807, 2.05) is 24.3 Å². The number of hydrogen-bond acceptors (Lipinski definition) is 3. The van der Waals surface area contributed by atoms with Crippen LogP contribution in [-0.4, -0.2) is 29.9 Å². The Morgan fingerprint density at radius 3 is 2.67 bits per heavy atom. The third-order valence-corrected chi connectivity index (χ3v) is 3.79. The van der Waals surface area contributed by atoms with Crippen LogP contribution in [0.5, 0.6) is 0 Å². The monoisotopic (exact) mass is 265 g/mol. The molecule has 0 bridgehead atoms. The molecule has 0 heterocycles. The van der Waals surface area contributed by atoms with Gasteiger partial charge in [-0.15, -0.1) is 0 Å². The molecule has 1 aliphatic rings. The third kappa shape index (κ3) is 3.75. The Bertz CT molecular complexity index is 401. The van der Waals surface area contributed by atoms with E-state index in [1.54, 1.807) is 11.8 Å². The molecule has 4 heteroatoms. The zero-order chi connectivity index (χ0) is 13.0. The minimum atomic E-state index is -0.385. The number of carbonyl (C=O) groups is 1. The Hall–Kier alpha value is -1.00. The zero-order valence-corrected chi connectivity index (χ0v) is 11.4. The highest BCUT2D eigenvalue weighted by Gasteiger charge is 2.29. The summed E-state index contributed by atoms with van der Waals surface area (Å²) in [7, 11) is 0. The molecular formula is C14H19NO2S. The second-order valence-corrected chi connectivity index (χ2v) is 5.61. The zero-order valence-electron chi connectivity index (χ0n) is 10.6. The summed E-state index contributed by atoms with van der Waals surface area (Å²) < 4.78 is 0. The third-order valence-electron chi connectivity index (χ3n) is 3.17. The fourth-order valence-electron chi connectivity index (χ4n) is 1.87. The van der Waals surface area contributed by atoms with Gasteiger partial charge in [0.25, 0.3) is 5.91 Å². The summed E-state index contributed by atoms with van der Waals surface area (Å²) in [6.07, 6.45) is 3.84. The number of thioether (sulfide) groups is 1. The van der Waals surface area contributed by atoms with Crippen LogP contribution in [0.3, 0.4) is 0 Å². The maximum absolute atomic E-state index is 11.8. The van der Waals surface area contributed by atoms with E-state index >= 15 is 0 Å². The Labute approximate surface area is 112 Å². The topological polar surface area (TPSA) is 49.3 Å². The van der Waals surface area contributed by atoms with E-state index in [1.165, 1.54) is 5.56 Å². The molecule has 0 saturated heterocycles. The van der Waals surface area contributed by atoms with Gasteiger partial charge in [-0.1, -0.05) is 12.1 Å². The Kier molecular flexibility index (Phi) is 4.66. The summed E-state index contributed by atoms with van der Waals surface area (Å²) in [6.45, 7) is 0.357. The highest BCUT2D eigenvalue weighted by molar-refractivity contribution is 7.97. The van der Waals surface area contributed by atoms with E-state index in [0.29, 0.717) is 18.0 Å². The summed E-state index contributed by atoms with van der Waals surface area (Å²) in [4.78, 5) is 11.8. The van der Waals surface area contributed by atoms with Gasteiger partial charge in [-0.3, -0.25) is 4.79 Å². The van der Waals surface area contributed by atoms with E-state index in [-0.39, 0.29) is 12.0 Å². The van der Waals surface area contributed by atoms with Crippen LogP contribution in [-0.2, 0) is 5.75 Å². The fourth-order valence-corrected chi connectivity index (χ4v) is 2.39. The van der Waals surface area contributed by atoms with Crippen molar-refractivity contribution in [2.75, 3.05) is 12.8 Å². The van der Waals surface area contributed by atoms with Crippen LogP contribution < -0.4 is 5.32 Å². The van der Waals surface area contributed by atoms with Crippen LogP contribution in [0.2, 0.25) is 0 Å². The molecule has 1 amide bonds. The molecule has 1 atom stereocenters. The molecule has 1 aliphatic carbocycles. The first-order valence-electron chi connectivity index (χ1n) is 6.25. The lowest BCUT2D eigenvalue weighted by Gasteiger charge is -2.10. The van der Waals surface area contributed by atoms with Crippen molar-refractivity contribution >= 4 is 17.7 Å². The van der Waals surface area contributed by atoms with Gasteiger partial charge in [0.15, 0.2) is 0 Å². The summed E-state index contributed by atoms with van der Waals surface area (Å²) in [5.41, 5.74) is 1.87. The van der Waals surface area contributed by atoms with Crippen molar-refractivity contribution in [1.82, 2.24) is 5.32 Å². The van der Waals surface area contributed by atoms with Gasteiger partial charge in [-0.2, -0.15) is 11.8 Å². The molecule has 1 aromatic carbocycles. The van der Waals surface area contributed by atoms with Crippen molar-refractivity contribution in [1.29, 1.82) is 0 Å². The molecule has 1 fully saturated rings. The fraction of sp³-hybridized carbons (Fsp3) is 0.500. The molecule has 2 N–H and O–H groups in total. The van der Waals surface area contributed by atoms with Gasteiger partial charge in [0.05, 0.1) is 6.10 Å². The number of carbonyl (C=O) groups excluding carboxylic acids is 1. The molecule has 98 valence electrons. The lowest BCUT2D eigenvalue weighted by atomic mass is 10.1. The Morgan fingerprint density at radius 2 is 2.11 bits per heavy atom. The van der Waals surface area contributed by atoms with Crippen LogP contribution in [0.1, 0.15) is 28.8 Å². The molecule has 1 aromatic rings. The van der Waals surface area contributed by atoms with Gasteiger partial charge >= 0.3 is 0 Å². The van der Waals surface area contributed by atoms with Gasteiger partial charge < -0.3 is 10.4 Å². The number of hydrogen-bond donors (Lipinski definition) is 2. The first-order chi connectivity index (χ1) is 8.70. The maximum Gasteiger partial charge on any atom is 0.251 e. The number of aliphatic hydroxyl groups excluding tert-OH is 1. The molecule has 1 unspecified atom stereocenters. The van der Waals surface area contributed by atoms with E-state index < -0.39 is 0 Å². The number of amides is 1. The second kappa shape index (κ2) is 6.25. The van der Waals surface area contributed by atoms with Crippen molar-refractivity contribution in [3.05, 3.63) is 35.4 Å². The van der Waals surface area contributed by atoms with Gasteiger partial charge in [-0.25, -0.2) is 0 Å². The number of benzene rings is 1. The molecule has 0 radical (unpaired) electrons. The highest BCUT2D eigenvalue weighted by atomic mass is 32.2. The van der Waals surface area contributed by atoms with E-state index in [0.717, 1.165) is 18.6 Å². The molecule has 1 saturated carbocycles. The van der Waals surface area contributed by atoms with Gasteiger partial charge in [-0.05, 0) is 42.7 Å².